The molecule has 0 aromatic heterocycles. The first-order valence-electron chi connectivity index (χ1n) is 2.12. The molecule has 0 heteroatoms. The van der Waals surface area contributed by atoms with Gasteiger partial charge in [-0.3, -0.25) is 0 Å². The van der Waals surface area contributed by atoms with E-state index in [1.807, 2.05) is 13.8 Å². The molecule has 0 aromatic rings. The predicted octanol–water partition coefficient (Wildman–Crippen LogP) is 1.92. The largest absolute Gasteiger partial charge is 0.124 e. The Labute approximate surface area is 46.9 Å². The van der Waals surface area contributed by atoms with E-state index in [0.717, 1.165) is 0 Å². The van der Waals surface area contributed by atoms with Crippen molar-refractivity contribution in [2.45, 2.75) is 20.8 Å². The molecule has 0 atom stereocenters. The molecule has 40 valence electrons. The van der Waals surface area contributed by atoms with E-state index in [1.165, 1.54) is 0 Å². The molecular formula is C7H12. The van der Waals surface area contributed by atoms with Crippen molar-refractivity contribution < 1.29 is 0 Å². The molecule has 0 amide bonds. The van der Waals surface area contributed by atoms with Gasteiger partial charge < -0.3 is 0 Å². The molecule has 0 aromatic carbocycles. The van der Waals surface area contributed by atoms with E-state index >= 15 is 0 Å². The number of rotatable bonds is 0. The molecule has 0 bridgehead atoms. The van der Waals surface area contributed by atoms with Crippen LogP contribution in [0.25, 0.3) is 0 Å². The van der Waals surface area contributed by atoms with E-state index in [2.05, 4.69) is 25.2 Å². The summed E-state index contributed by atoms with van der Waals surface area (Å²) in [6.07, 6.45) is 12.6. The molecule has 0 saturated heterocycles. The van der Waals surface area contributed by atoms with Gasteiger partial charge in [-0.1, -0.05) is 13.8 Å². The smallest absolute Gasteiger partial charge is 0.00297 e. The zero-order valence-corrected chi connectivity index (χ0v) is 5.23. The van der Waals surface area contributed by atoms with Crippen LogP contribution in [0.1, 0.15) is 20.8 Å². The van der Waals surface area contributed by atoms with Gasteiger partial charge in [-0.15, -0.1) is 25.2 Å². The van der Waals surface area contributed by atoms with Crippen molar-refractivity contribution in [2.75, 3.05) is 0 Å². The molecule has 0 radical (unpaired) electrons. The average molecular weight is 96.2 g/mol. The van der Waals surface area contributed by atoms with Gasteiger partial charge >= 0.3 is 0 Å². The Morgan fingerprint density at radius 2 is 1.14 bits per heavy atom. The minimum atomic E-state index is 1.65. The van der Waals surface area contributed by atoms with Gasteiger partial charge in [-0.05, 0) is 6.92 Å². The van der Waals surface area contributed by atoms with Gasteiger partial charge in [-0.25, -0.2) is 0 Å². The number of hydrogen-bond donors (Lipinski definition) is 0. The summed E-state index contributed by atoms with van der Waals surface area (Å²) in [5.41, 5.74) is 0. The molecule has 0 unspecified atom stereocenters. The van der Waals surface area contributed by atoms with Gasteiger partial charge in [0, 0.05) is 0 Å². The fourth-order valence-corrected chi connectivity index (χ4v) is 0. The Hall–Kier alpha value is -0.880. The highest BCUT2D eigenvalue weighted by Crippen LogP contribution is 1.21. The van der Waals surface area contributed by atoms with Gasteiger partial charge in [0.05, 0.1) is 0 Å². The molecule has 0 nitrogen and oxygen atoms in total. The Morgan fingerprint density at radius 3 is 1.14 bits per heavy atom. The van der Waals surface area contributed by atoms with Crippen molar-refractivity contribution in [3.63, 3.8) is 0 Å². The van der Waals surface area contributed by atoms with Crippen molar-refractivity contribution in [3.8, 4) is 25.2 Å². The number of hydrogen-bond acceptors (Lipinski definition) is 0. The quantitative estimate of drug-likeness (QED) is 0.404. The first kappa shape index (κ1) is 16.5. The fraction of sp³-hybridized carbons (Fsp3) is 0.429. The number of terminal acetylenes is 2. The van der Waals surface area contributed by atoms with Crippen LogP contribution in [0.2, 0.25) is 0 Å². The fourth-order valence-electron chi connectivity index (χ4n) is 0. The van der Waals surface area contributed by atoms with E-state index in [-0.39, 0.29) is 0 Å². The highest BCUT2D eigenvalue weighted by molar-refractivity contribution is 4.73. The lowest BCUT2D eigenvalue weighted by molar-refractivity contribution is 1.50. The Morgan fingerprint density at radius 1 is 1.14 bits per heavy atom. The van der Waals surface area contributed by atoms with E-state index in [4.69, 9.17) is 0 Å². The van der Waals surface area contributed by atoms with Crippen LogP contribution >= 0.6 is 0 Å². The normalized spacial score (nSPS) is 2.29. The third-order valence-electron chi connectivity index (χ3n) is 0. The van der Waals surface area contributed by atoms with Crippen LogP contribution in [0.4, 0.5) is 0 Å². The second-order valence-corrected chi connectivity index (χ2v) is 0.289. The Bertz CT molecular complexity index is 42.8. The van der Waals surface area contributed by atoms with Crippen molar-refractivity contribution in [1.29, 1.82) is 0 Å². The molecule has 0 saturated carbocycles. The Kier molecular flexibility index (Phi) is 14200. The Balaban J connectivity index is -0.0000000360. The molecule has 0 aliphatic heterocycles. The maximum absolute atomic E-state index is 4.60. The molecule has 0 heterocycles. The topological polar surface area (TPSA) is 0 Å². The van der Waals surface area contributed by atoms with Gasteiger partial charge in [0.1, 0.15) is 0 Å². The summed E-state index contributed by atoms with van der Waals surface area (Å²) < 4.78 is 0. The molecule has 0 rings (SSSR count). The average Bonchev–Trinajstić information content (AvgIpc) is 1.78. The minimum Gasteiger partial charge on any atom is -0.124 e. The van der Waals surface area contributed by atoms with Crippen LogP contribution < -0.4 is 0 Å². The lowest BCUT2D eigenvalue weighted by atomic mass is 10.9. The predicted molar refractivity (Wildman–Crippen MR) is 35.7 cm³/mol. The van der Waals surface area contributed by atoms with Crippen LogP contribution in [0.3, 0.4) is 0 Å². The van der Waals surface area contributed by atoms with Crippen LogP contribution in [0.15, 0.2) is 0 Å². The van der Waals surface area contributed by atoms with Crippen LogP contribution in [-0.2, 0) is 0 Å². The monoisotopic (exact) mass is 96.1 g/mol. The first-order valence-corrected chi connectivity index (χ1v) is 2.12. The van der Waals surface area contributed by atoms with E-state index in [1.54, 1.807) is 6.92 Å². The SMILES string of the molecule is C#C.C#CC.CC. The lowest BCUT2D eigenvalue weighted by Gasteiger charge is -1.23. The molecule has 0 fully saturated rings. The standard InChI is InChI=1S/C3H4.C2H6.C2H2/c1-3-2;2*1-2/h1H,2H3;1-2H3;1-2H. The van der Waals surface area contributed by atoms with E-state index in [0.29, 0.717) is 0 Å². The lowest BCUT2D eigenvalue weighted by Crippen LogP contribution is -1.10. The zero-order chi connectivity index (χ0) is 6.71. The van der Waals surface area contributed by atoms with E-state index < -0.39 is 0 Å². The zero-order valence-electron chi connectivity index (χ0n) is 5.23. The van der Waals surface area contributed by atoms with Crippen molar-refractivity contribution >= 4 is 0 Å². The van der Waals surface area contributed by atoms with Gasteiger partial charge in [0.15, 0.2) is 0 Å². The summed E-state index contributed by atoms with van der Waals surface area (Å²) in [4.78, 5) is 0. The minimum absolute atomic E-state index is 1.65. The van der Waals surface area contributed by atoms with Crippen molar-refractivity contribution in [2.24, 2.45) is 0 Å². The molecule has 0 aliphatic carbocycles. The van der Waals surface area contributed by atoms with Gasteiger partial charge in [-0.2, -0.15) is 0 Å². The highest BCUT2D eigenvalue weighted by atomic mass is 13.2. The summed E-state index contributed by atoms with van der Waals surface area (Å²) in [5.74, 6) is 2.25. The van der Waals surface area contributed by atoms with Crippen LogP contribution in [0.5, 0.6) is 0 Å². The summed E-state index contributed by atoms with van der Waals surface area (Å²) in [7, 11) is 0. The highest BCUT2D eigenvalue weighted by Gasteiger charge is 1.09. The molecular weight excluding hydrogens is 84.1 g/mol. The first-order chi connectivity index (χ1) is 3.41. The maximum Gasteiger partial charge on any atom is -0.00297 e. The second kappa shape index (κ2) is 6040. The van der Waals surface area contributed by atoms with E-state index in [9.17, 15) is 0 Å². The second-order valence-electron chi connectivity index (χ2n) is 0.289. The maximum atomic E-state index is 4.60. The van der Waals surface area contributed by atoms with Crippen molar-refractivity contribution in [1.82, 2.24) is 0 Å². The third-order valence-corrected chi connectivity index (χ3v) is 0. The molecule has 0 aliphatic rings. The van der Waals surface area contributed by atoms with Crippen LogP contribution in [0, 0.1) is 25.2 Å². The molecule has 0 spiro atoms. The molecule has 0 N–H and O–H groups in total. The summed E-state index contributed by atoms with van der Waals surface area (Å²) in [6, 6.07) is 0. The van der Waals surface area contributed by atoms with Gasteiger partial charge in [0.25, 0.3) is 0 Å². The van der Waals surface area contributed by atoms with Crippen LogP contribution in [-0.4, -0.2) is 0 Å². The third kappa shape index (κ3) is 64.4. The summed E-state index contributed by atoms with van der Waals surface area (Å²) >= 11 is 0. The van der Waals surface area contributed by atoms with Gasteiger partial charge in [0.2, 0.25) is 0 Å². The molecule has 7 heavy (non-hydrogen) atoms. The summed E-state index contributed by atoms with van der Waals surface area (Å²) in [5, 5.41) is 0. The summed E-state index contributed by atoms with van der Waals surface area (Å²) in [6.45, 7) is 5.65. The van der Waals surface area contributed by atoms with Crippen molar-refractivity contribution in [3.05, 3.63) is 0 Å².